The van der Waals surface area contributed by atoms with Crippen LogP contribution in [0.2, 0.25) is 0 Å². The van der Waals surface area contributed by atoms with E-state index in [1.807, 2.05) is 6.92 Å². The summed E-state index contributed by atoms with van der Waals surface area (Å²) in [6.45, 7) is 4.41. The molecule has 0 aromatic carbocycles. The molecule has 0 spiro atoms. The van der Waals surface area contributed by atoms with Gasteiger partial charge in [0.25, 0.3) is 0 Å². The minimum absolute atomic E-state index is 0. The maximum absolute atomic E-state index is 12.1. The Bertz CT molecular complexity index is 319. The third kappa shape index (κ3) is 4.08. The van der Waals surface area contributed by atoms with Gasteiger partial charge >= 0.3 is 0 Å². The smallest absolute Gasteiger partial charge is 0.242 e. The third-order valence-electron chi connectivity index (χ3n) is 3.86. The first-order valence-corrected chi connectivity index (χ1v) is 7.03. The average Bonchev–Trinajstić information content (AvgIpc) is 3.00. The molecule has 2 unspecified atom stereocenters. The van der Waals surface area contributed by atoms with Crippen molar-refractivity contribution in [3.8, 4) is 0 Å². The van der Waals surface area contributed by atoms with E-state index in [0.29, 0.717) is 25.4 Å². The van der Waals surface area contributed by atoms with Gasteiger partial charge < -0.3 is 15.5 Å². The Morgan fingerprint density at radius 3 is 2.84 bits per heavy atom. The van der Waals surface area contributed by atoms with Gasteiger partial charge in [0.15, 0.2) is 0 Å². The highest BCUT2D eigenvalue weighted by molar-refractivity contribution is 5.88. The molecule has 0 bridgehead atoms. The minimum Gasteiger partial charge on any atom is -0.353 e. The lowest BCUT2D eigenvalue weighted by Gasteiger charge is -2.26. The molecule has 19 heavy (non-hydrogen) atoms. The molecular formula is C13H24ClN3O2. The van der Waals surface area contributed by atoms with Crippen molar-refractivity contribution in [3.05, 3.63) is 0 Å². The molecule has 0 aromatic rings. The molecule has 2 N–H and O–H groups in total. The Balaban J connectivity index is 0.00000180. The van der Waals surface area contributed by atoms with Gasteiger partial charge in [-0.05, 0) is 32.2 Å². The van der Waals surface area contributed by atoms with Crippen LogP contribution < -0.4 is 10.6 Å². The first kappa shape index (κ1) is 16.2. The molecule has 6 heteroatoms. The molecule has 2 aliphatic rings. The van der Waals surface area contributed by atoms with E-state index < -0.39 is 0 Å². The molecule has 2 heterocycles. The summed E-state index contributed by atoms with van der Waals surface area (Å²) in [6, 6.07) is 0.127. The summed E-state index contributed by atoms with van der Waals surface area (Å²) in [5, 5.41) is 6.33. The zero-order valence-electron chi connectivity index (χ0n) is 11.5. The molecule has 2 saturated heterocycles. The van der Waals surface area contributed by atoms with E-state index in [4.69, 9.17) is 0 Å². The number of carbonyl (C=O) groups is 2. The van der Waals surface area contributed by atoms with Gasteiger partial charge in [-0.1, -0.05) is 6.92 Å². The van der Waals surface area contributed by atoms with E-state index in [9.17, 15) is 9.59 Å². The highest BCUT2D eigenvalue weighted by atomic mass is 35.5. The van der Waals surface area contributed by atoms with Crippen molar-refractivity contribution < 1.29 is 9.59 Å². The van der Waals surface area contributed by atoms with Crippen LogP contribution in [0.4, 0.5) is 0 Å². The zero-order chi connectivity index (χ0) is 13.0. The molecule has 0 aromatic heterocycles. The first-order valence-electron chi connectivity index (χ1n) is 7.03. The predicted molar refractivity (Wildman–Crippen MR) is 76.3 cm³/mol. The number of amides is 2. The summed E-state index contributed by atoms with van der Waals surface area (Å²) >= 11 is 0. The summed E-state index contributed by atoms with van der Waals surface area (Å²) in [5.41, 5.74) is 0. The van der Waals surface area contributed by atoms with E-state index in [1.54, 1.807) is 4.90 Å². The summed E-state index contributed by atoms with van der Waals surface area (Å²) in [4.78, 5) is 25.5. The van der Waals surface area contributed by atoms with Crippen molar-refractivity contribution in [3.63, 3.8) is 0 Å². The molecule has 2 atom stereocenters. The van der Waals surface area contributed by atoms with E-state index in [-0.39, 0.29) is 30.3 Å². The molecular weight excluding hydrogens is 266 g/mol. The number of carbonyl (C=O) groups excluding carboxylic acids is 2. The molecule has 2 aliphatic heterocycles. The monoisotopic (exact) mass is 289 g/mol. The van der Waals surface area contributed by atoms with Crippen molar-refractivity contribution in [2.45, 2.75) is 51.1 Å². The Morgan fingerprint density at radius 1 is 1.53 bits per heavy atom. The second-order valence-electron chi connectivity index (χ2n) is 5.15. The first-order chi connectivity index (χ1) is 8.72. The van der Waals surface area contributed by atoms with Crippen molar-refractivity contribution in [1.29, 1.82) is 0 Å². The van der Waals surface area contributed by atoms with Gasteiger partial charge in [0.1, 0.15) is 6.04 Å². The fourth-order valence-corrected chi connectivity index (χ4v) is 2.82. The lowest BCUT2D eigenvalue weighted by Crippen LogP contribution is -2.49. The van der Waals surface area contributed by atoms with E-state index in [2.05, 4.69) is 10.6 Å². The Labute approximate surface area is 120 Å². The standard InChI is InChI=1S/C13H23N3O2.ClH/c1-2-11(16-8-4-6-12(16)17)13(18)15-9-10-5-3-7-14-10;/h10-11,14H,2-9H2,1H3,(H,15,18);1H. The maximum Gasteiger partial charge on any atom is 0.242 e. The summed E-state index contributed by atoms with van der Waals surface area (Å²) in [5.74, 6) is 0.123. The van der Waals surface area contributed by atoms with E-state index in [1.165, 1.54) is 6.42 Å². The fraction of sp³-hybridized carbons (Fsp3) is 0.846. The van der Waals surface area contributed by atoms with Crippen LogP contribution >= 0.6 is 12.4 Å². The lowest BCUT2D eigenvalue weighted by molar-refractivity contribution is -0.137. The Morgan fingerprint density at radius 2 is 2.32 bits per heavy atom. The number of hydrogen-bond acceptors (Lipinski definition) is 3. The van der Waals surface area contributed by atoms with Gasteiger partial charge in [-0.25, -0.2) is 0 Å². The van der Waals surface area contributed by atoms with E-state index >= 15 is 0 Å². The zero-order valence-corrected chi connectivity index (χ0v) is 12.3. The molecule has 0 radical (unpaired) electrons. The summed E-state index contributed by atoms with van der Waals surface area (Å²) < 4.78 is 0. The van der Waals surface area contributed by atoms with Gasteiger partial charge in [-0.15, -0.1) is 12.4 Å². The van der Waals surface area contributed by atoms with Gasteiger partial charge in [0.05, 0.1) is 0 Å². The largest absolute Gasteiger partial charge is 0.353 e. The number of hydrogen-bond donors (Lipinski definition) is 2. The van der Waals surface area contributed by atoms with Crippen molar-refractivity contribution in [2.75, 3.05) is 19.6 Å². The molecule has 0 aliphatic carbocycles. The maximum atomic E-state index is 12.1. The average molecular weight is 290 g/mol. The van der Waals surface area contributed by atoms with Crippen LogP contribution in [0.15, 0.2) is 0 Å². The molecule has 2 amide bonds. The number of nitrogens with zero attached hydrogens (tertiary/aromatic N) is 1. The van der Waals surface area contributed by atoms with Gasteiger partial charge in [0, 0.05) is 25.6 Å². The van der Waals surface area contributed by atoms with Gasteiger partial charge in [-0.3, -0.25) is 9.59 Å². The summed E-state index contributed by atoms with van der Waals surface area (Å²) in [7, 11) is 0. The number of halogens is 1. The molecule has 2 fully saturated rings. The molecule has 110 valence electrons. The SMILES string of the molecule is CCC(C(=O)NCC1CCCN1)N1CCCC1=O.Cl. The highest BCUT2D eigenvalue weighted by Gasteiger charge is 2.31. The molecule has 2 rings (SSSR count). The van der Waals surface area contributed by atoms with Crippen LogP contribution in [0.1, 0.15) is 39.0 Å². The minimum atomic E-state index is -0.276. The van der Waals surface area contributed by atoms with Crippen molar-refractivity contribution in [2.24, 2.45) is 0 Å². The van der Waals surface area contributed by atoms with Crippen molar-refractivity contribution >= 4 is 24.2 Å². The van der Waals surface area contributed by atoms with Crippen molar-refractivity contribution in [1.82, 2.24) is 15.5 Å². The Hall–Kier alpha value is -0.810. The predicted octanol–water partition coefficient (Wildman–Crippen LogP) is 0.677. The Kier molecular flexibility index (Phi) is 6.58. The van der Waals surface area contributed by atoms with Gasteiger partial charge in [-0.2, -0.15) is 0 Å². The van der Waals surface area contributed by atoms with E-state index in [0.717, 1.165) is 25.9 Å². The topological polar surface area (TPSA) is 61.4 Å². The summed E-state index contributed by atoms with van der Waals surface area (Å²) in [6.07, 6.45) is 4.47. The van der Waals surface area contributed by atoms with Crippen LogP contribution in [-0.2, 0) is 9.59 Å². The highest BCUT2D eigenvalue weighted by Crippen LogP contribution is 2.16. The second kappa shape index (κ2) is 7.70. The normalized spacial score (nSPS) is 24.2. The van der Waals surface area contributed by atoms with Crippen LogP contribution in [0, 0.1) is 0 Å². The molecule has 5 nitrogen and oxygen atoms in total. The van der Waals surface area contributed by atoms with Crippen LogP contribution in [0.5, 0.6) is 0 Å². The number of nitrogens with one attached hydrogen (secondary N) is 2. The van der Waals surface area contributed by atoms with Gasteiger partial charge in [0.2, 0.25) is 11.8 Å². The third-order valence-corrected chi connectivity index (χ3v) is 3.86. The fourth-order valence-electron chi connectivity index (χ4n) is 2.82. The lowest BCUT2D eigenvalue weighted by atomic mass is 10.1. The molecule has 0 saturated carbocycles. The van der Waals surface area contributed by atoms with Crippen LogP contribution in [-0.4, -0.2) is 48.4 Å². The second-order valence-corrected chi connectivity index (χ2v) is 5.15. The number of rotatable bonds is 5. The van der Waals surface area contributed by atoms with Crippen LogP contribution in [0.3, 0.4) is 0 Å². The quantitative estimate of drug-likeness (QED) is 0.782. The number of likely N-dealkylation sites (tertiary alicyclic amines) is 1. The van der Waals surface area contributed by atoms with Crippen LogP contribution in [0.25, 0.3) is 0 Å².